The summed E-state index contributed by atoms with van der Waals surface area (Å²) in [7, 11) is 0. The Morgan fingerprint density at radius 2 is 1.90 bits per heavy atom. The minimum absolute atomic E-state index is 0.0240. The van der Waals surface area contributed by atoms with Gasteiger partial charge in [0.1, 0.15) is 18.1 Å². The molecular weight excluding hydrogens is 402 g/mol. The summed E-state index contributed by atoms with van der Waals surface area (Å²) in [5.41, 5.74) is 9.50. The summed E-state index contributed by atoms with van der Waals surface area (Å²) in [5, 5.41) is 0.652. The fourth-order valence-electron chi connectivity index (χ4n) is 3.53. The highest BCUT2D eigenvalue weighted by atomic mass is 35.5. The number of carbonyl (C=O) groups excluding carboxylic acids is 2. The van der Waals surface area contributed by atoms with Crippen molar-refractivity contribution >= 4 is 23.3 Å². The number of Topliss-reactive ketones (excluding diaryl/α,β-unsaturated/α-hetero) is 1. The summed E-state index contributed by atoms with van der Waals surface area (Å²) < 4.78 is 12.0. The van der Waals surface area contributed by atoms with Crippen molar-refractivity contribution in [2.24, 2.45) is 5.73 Å². The van der Waals surface area contributed by atoms with Gasteiger partial charge in [-0.15, -0.1) is 0 Å². The van der Waals surface area contributed by atoms with Crippen molar-refractivity contribution in [3.63, 3.8) is 0 Å². The van der Waals surface area contributed by atoms with Gasteiger partial charge in [0.15, 0.2) is 5.78 Å². The lowest BCUT2D eigenvalue weighted by molar-refractivity contribution is 0.0931. The van der Waals surface area contributed by atoms with Gasteiger partial charge in [0.05, 0.1) is 12.2 Å². The van der Waals surface area contributed by atoms with E-state index in [4.69, 9.17) is 26.8 Å². The van der Waals surface area contributed by atoms with E-state index in [1.807, 2.05) is 25.1 Å². The standard InChI is InChI=1S/C24H20ClNO4/c1-14-22(30-13-15-5-7-18(25)8-6-15)19(12-20-21(27)9-10-29-23(14)20)16-3-2-4-17(11-16)24(26)28/h2-8,11-12H,9-10,13H2,1H3,(H2,26,28). The molecule has 4 rings (SSSR count). The molecule has 1 aliphatic rings. The van der Waals surface area contributed by atoms with Gasteiger partial charge in [0.2, 0.25) is 5.91 Å². The van der Waals surface area contributed by atoms with Gasteiger partial charge in [-0.3, -0.25) is 9.59 Å². The van der Waals surface area contributed by atoms with Crippen LogP contribution in [-0.4, -0.2) is 18.3 Å². The number of ketones is 1. The fraction of sp³-hybridized carbons (Fsp3) is 0.167. The predicted molar refractivity (Wildman–Crippen MR) is 115 cm³/mol. The highest BCUT2D eigenvalue weighted by molar-refractivity contribution is 6.30. The summed E-state index contributed by atoms with van der Waals surface area (Å²) in [4.78, 5) is 24.2. The lowest BCUT2D eigenvalue weighted by atomic mass is 9.93. The van der Waals surface area contributed by atoms with Crippen molar-refractivity contribution in [3.05, 3.63) is 81.9 Å². The van der Waals surface area contributed by atoms with Crippen molar-refractivity contribution in [3.8, 4) is 22.6 Å². The van der Waals surface area contributed by atoms with Crippen LogP contribution in [0.25, 0.3) is 11.1 Å². The molecule has 0 spiro atoms. The summed E-state index contributed by atoms with van der Waals surface area (Å²) in [5.74, 6) is 0.651. The van der Waals surface area contributed by atoms with Crippen molar-refractivity contribution < 1.29 is 19.1 Å². The van der Waals surface area contributed by atoms with Crippen LogP contribution in [0.2, 0.25) is 5.02 Å². The first-order valence-electron chi connectivity index (χ1n) is 9.55. The number of primary amides is 1. The quantitative estimate of drug-likeness (QED) is 0.631. The monoisotopic (exact) mass is 421 g/mol. The number of fused-ring (bicyclic) bond motifs is 1. The topological polar surface area (TPSA) is 78.6 Å². The Kier molecular flexibility index (Phi) is 5.46. The Morgan fingerprint density at radius 1 is 1.13 bits per heavy atom. The lowest BCUT2D eigenvalue weighted by Crippen LogP contribution is -2.17. The average molecular weight is 422 g/mol. The van der Waals surface area contributed by atoms with Gasteiger partial charge in [-0.05, 0) is 48.4 Å². The molecule has 2 N–H and O–H groups in total. The molecule has 30 heavy (non-hydrogen) atoms. The zero-order chi connectivity index (χ0) is 21.3. The predicted octanol–water partition coefficient (Wildman–Crippen LogP) is 4.96. The Balaban J connectivity index is 1.82. The number of benzene rings is 3. The maximum Gasteiger partial charge on any atom is 0.248 e. The minimum Gasteiger partial charge on any atom is -0.492 e. The molecule has 0 radical (unpaired) electrons. The second-order valence-electron chi connectivity index (χ2n) is 7.14. The van der Waals surface area contributed by atoms with E-state index < -0.39 is 5.91 Å². The molecule has 0 saturated carbocycles. The molecule has 152 valence electrons. The van der Waals surface area contributed by atoms with Gasteiger partial charge in [-0.2, -0.15) is 0 Å². The van der Waals surface area contributed by atoms with Crippen LogP contribution in [0.1, 0.15) is 38.3 Å². The third-order valence-electron chi connectivity index (χ3n) is 5.09. The molecule has 0 bridgehead atoms. The van der Waals surface area contributed by atoms with Crippen LogP contribution in [0, 0.1) is 6.92 Å². The number of nitrogens with two attached hydrogens (primary N) is 1. The van der Waals surface area contributed by atoms with Crippen LogP contribution in [0.3, 0.4) is 0 Å². The molecule has 0 unspecified atom stereocenters. The number of carbonyl (C=O) groups is 2. The van der Waals surface area contributed by atoms with E-state index in [0.717, 1.165) is 16.7 Å². The molecule has 0 fully saturated rings. The number of ether oxygens (including phenoxy) is 2. The van der Waals surface area contributed by atoms with E-state index in [1.54, 1.807) is 36.4 Å². The second kappa shape index (κ2) is 8.20. The molecule has 0 aromatic heterocycles. The maximum atomic E-state index is 12.5. The molecule has 1 heterocycles. The van der Waals surface area contributed by atoms with Gasteiger partial charge in [0.25, 0.3) is 0 Å². The average Bonchev–Trinajstić information content (AvgIpc) is 2.75. The molecule has 6 heteroatoms. The first kappa shape index (κ1) is 20.0. The first-order valence-corrected chi connectivity index (χ1v) is 9.93. The molecular formula is C24H20ClNO4. The normalized spacial score (nSPS) is 12.8. The number of hydrogen-bond donors (Lipinski definition) is 1. The van der Waals surface area contributed by atoms with E-state index in [2.05, 4.69) is 0 Å². The SMILES string of the molecule is Cc1c2c(cc(-c3cccc(C(N)=O)c3)c1OCc1ccc(Cl)cc1)C(=O)CCO2. The van der Waals surface area contributed by atoms with Crippen molar-refractivity contribution in [1.82, 2.24) is 0 Å². The van der Waals surface area contributed by atoms with Crippen molar-refractivity contribution in [2.75, 3.05) is 6.61 Å². The van der Waals surface area contributed by atoms with Gasteiger partial charge < -0.3 is 15.2 Å². The zero-order valence-electron chi connectivity index (χ0n) is 16.4. The minimum atomic E-state index is -0.519. The van der Waals surface area contributed by atoms with E-state index >= 15 is 0 Å². The Bertz CT molecular complexity index is 1140. The van der Waals surface area contributed by atoms with Gasteiger partial charge >= 0.3 is 0 Å². The molecule has 0 aliphatic carbocycles. The fourth-order valence-corrected chi connectivity index (χ4v) is 3.66. The lowest BCUT2D eigenvalue weighted by Gasteiger charge is -2.23. The Labute approximate surface area is 179 Å². The molecule has 1 amide bonds. The van der Waals surface area contributed by atoms with E-state index in [0.29, 0.717) is 52.8 Å². The third-order valence-corrected chi connectivity index (χ3v) is 5.34. The highest BCUT2D eigenvalue weighted by Crippen LogP contribution is 2.43. The first-order chi connectivity index (χ1) is 14.4. The molecule has 5 nitrogen and oxygen atoms in total. The van der Waals surface area contributed by atoms with Crippen LogP contribution in [0.15, 0.2) is 54.6 Å². The van der Waals surface area contributed by atoms with E-state index in [9.17, 15) is 9.59 Å². The molecule has 3 aromatic rings. The smallest absolute Gasteiger partial charge is 0.248 e. The van der Waals surface area contributed by atoms with Crippen LogP contribution in [0.4, 0.5) is 0 Å². The number of amides is 1. The van der Waals surface area contributed by atoms with Gasteiger partial charge in [-0.1, -0.05) is 35.9 Å². The molecule has 1 aliphatic heterocycles. The Hall–Kier alpha value is -3.31. The van der Waals surface area contributed by atoms with E-state index in [-0.39, 0.29) is 5.78 Å². The maximum absolute atomic E-state index is 12.5. The summed E-state index contributed by atoms with van der Waals surface area (Å²) >= 11 is 5.97. The Morgan fingerprint density at radius 3 is 2.63 bits per heavy atom. The van der Waals surface area contributed by atoms with Crippen LogP contribution >= 0.6 is 11.6 Å². The zero-order valence-corrected chi connectivity index (χ0v) is 17.2. The third kappa shape index (κ3) is 3.89. The summed E-state index contributed by atoms with van der Waals surface area (Å²) in [6.45, 7) is 2.53. The van der Waals surface area contributed by atoms with Gasteiger partial charge in [0, 0.05) is 28.1 Å². The number of halogens is 1. The van der Waals surface area contributed by atoms with Crippen molar-refractivity contribution in [2.45, 2.75) is 20.0 Å². The number of rotatable bonds is 5. The van der Waals surface area contributed by atoms with Crippen molar-refractivity contribution in [1.29, 1.82) is 0 Å². The van der Waals surface area contributed by atoms with E-state index in [1.165, 1.54) is 0 Å². The largest absolute Gasteiger partial charge is 0.492 e. The van der Waals surface area contributed by atoms with Gasteiger partial charge in [-0.25, -0.2) is 0 Å². The molecule has 3 aromatic carbocycles. The highest BCUT2D eigenvalue weighted by Gasteiger charge is 2.26. The summed E-state index contributed by atoms with van der Waals surface area (Å²) in [6, 6.07) is 16.1. The number of hydrogen-bond acceptors (Lipinski definition) is 4. The molecule has 0 saturated heterocycles. The van der Waals surface area contributed by atoms with Crippen LogP contribution < -0.4 is 15.2 Å². The second-order valence-corrected chi connectivity index (χ2v) is 7.57. The molecule has 0 atom stereocenters. The van der Waals surface area contributed by atoms with Crippen LogP contribution in [-0.2, 0) is 6.61 Å². The van der Waals surface area contributed by atoms with Crippen LogP contribution in [0.5, 0.6) is 11.5 Å². The summed E-state index contributed by atoms with van der Waals surface area (Å²) in [6.07, 6.45) is 0.332.